The largest absolute Gasteiger partial charge is 0.507 e. The van der Waals surface area contributed by atoms with E-state index in [1.165, 1.54) is 12.3 Å². The Labute approximate surface area is 104 Å². The Morgan fingerprint density at radius 2 is 2.11 bits per heavy atom. The number of hydrogen-bond acceptors (Lipinski definition) is 4. The molecule has 0 atom stereocenters. The van der Waals surface area contributed by atoms with Crippen LogP contribution in [0.25, 0.3) is 0 Å². The summed E-state index contributed by atoms with van der Waals surface area (Å²) < 4.78 is 4.62. The highest BCUT2D eigenvalue weighted by Gasteiger charge is 1.99. The molecule has 2 rings (SSSR count). The highest BCUT2D eigenvalue weighted by atomic mass is 16.3. The maximum atomic E-state index is 10.2. The van der Waals surface area contributed by atoms with Gasteiger partial charge < -0.3 is 20.7 Å². The summed E-state index contributed by atoms with van der Waals surface area (Å²) in [5.74, 6) is -0.127. The number of furan rings is 1. The van der Waals surface area contributed by atoms with Crippen LogP contribution < -0.4 is 5.73 Å². The zero-order valence-electron chi connectivity index (χ0n) is 9.88. The van der Waals surface area contributed by atoms with Gasteiger partial charge in [-0.05, 0) is 30.7 Å². The van der Waals surface area contributed by atoms with Crippen molar-refractivity contribution < 1.29 is 14.3 Å². The van der Waals surface area contributed by atoms with Crippen LogP contribution in [0.3, 0.4) is 0 Å². The zero-order chi connectivity index (χ0) is 13.5. The second kappa shape index (κ2) is 6.24. The van der Waals surface area contributed by atoms with Gasteiger partial charge in [0.2, 0.25) is 0 Å². The standard InChI is InChI=1S/C8H9NO.C5H5NO2/c1-6-3-2-4-7(5-9)8(6)10;6-5(7)4-2-1-3-8-4/h2-5,9-10H,1H3;1-3H,(H2,6,7). The van der Waals surface area contributed by atoms with Gasteiger partial charge in [0.1, 0.15) is 5.75 Å². The molecule has 5 heteroatoms. The van der Waals surface area contributed by atoms with Crippen molar-refractivity contribution in [3.63, 3.8) is 0 Å². The number of aromatic hydroxyl groups is 1. The number of aryl methyl sites for hydroxylation is 1. The van der Waals surface area contributed by atoms with E-state index in [4.69, 9.17) is 11.1 Å². The van der Waals surface area contributed by atoms with Gasteiger partial charge in [-0.15, -0.1) is 0 Å². The van der Waals surface area contributed by atoms with Gasteiger partial charge >= 0.3 is 0 Å². The fourth-order valence-corrected chi connectivity index (χ4v) is 1.22. The first-order valence-electron chi connectivity index (χ1n) is 5.18. The van der Waals surface area contributed by atoms with Crippen molar-refractivity contribution >= 4 is 12.1 Å². The molecule has 5 nitrogen and oxygen atoms in total. The third-order valence-corrected chi connectivity index (χ3v) is 2.19. The summed E-state index contributed by atoms with van der Waals surface area (Å²) >= 11 is 0. The molecule has 0 spiro atoms. The maximum absolute atomic E-state index is 10.2. The number of para-hydroxylation sites is 1. The van der Waals surface area contributed by atoms with Crippen LogP contribution in [0.5, 0.6) is 5.75 Å². The number of nitrogens with two attached hydrogens (primary N) is 1. The number of hydrogen-bond donors (Lipinski definition) is 3. The quantitative estimate of drug-likeness (QED) is 0.707. The molecule has 2 aromatic rings. The normalized spacial score (nSPS) is 9.17. The second-order valence-electron chi connectivity index (χ2n) is 3.50. The second-order valence-corrected chi connectivity index (χ2v) is 3.50. The summed E-state index contributed by atoms with van der Waals surface area (Å²) in [5, 5.41) is 16.1. The third-order valence-electron chi connectivity index (χ3n) is 2.19. The Morgan fingerprint density at radius 1 is 1.39 bits per heavy atom. The summed E-state index contributed by atoms with van der Waals surface area (Å²) in [5.41, 5.74) is 6.20. The molecular formula is C13H14N2O3. The number of phenolic OH excluding ortho intramolecular Hbond substituents is 1. The van der Waals surface area contributed by atoms with E-state index < -0.39 is 5.91 Å². The molecule has 0 radical (unpaired) electrons. The molecule has 1 aromatic heterocycles. The van der Waals surface area contributed by atoms with E-state index in [1.807, 2.05) is 19.1 Å². The number of amides is 1. The van der Waals surface area contributed by atoms with E-state index in [0.29, 0.717) is 5.56 Å². The Balaban J connectivity index is 0.000000184. The summed E-state index contributed by atoms with van der Waals surface area (Å²) in [6.45, 7) is 1.81. The number of nitrogens with one attached hydrogen (secondary N) is 1. The average Bonchev–Trinajstić information content (AvgIpc) is 2.87. The van der Waals surface area contributed by atoms with Gasteiger partial charge in [-0.2, -0.15) is 0 Å². The van der Waals surface area contributed by atoms with Crippen LogP contribution in [0.2, 0.25) is 0 Å². The predicted molar refractivity (Wildman–Crippen MR) is 68.0 cm³/mol. The fraction of sp³-hybridized carbons (Fsp3) is 0.0769. The molecule has 4 N–H and O–H groups in total. The predicted octanol–water partition coefficient (Wildman–Crippen LogP) is 2.08. The minimum Gasteiger partial charge on any atom is -0.507 e. The minimum atomic E-state index is -0.532. The molecule has 0 aliphatic carbocycles. The van der Waals surface area contributed by atoms with Gasteiger partial charge in [-0.1, -0.05) is 12.1 Å². The topological polar surface area (TPSA) is 100 Å². The van der Waals surface area contributed by atoms with Crippen LogP contribution in [-0.2, 0) is 0 Å². The van der Waals surface area contributed by atoms with Gasteiger partial charge in [0.25, 0.3) is 5.91 Å². The first-order valence-corrected chi connectivity index (χ1v) is 5.18. The fourth-order valence-electron chi connectivity index (χ4n) is 1.22. The highest BCUT2D eigenvalue weighted by Crippen LogP contribution is 2.18. The minimum absolute atomic E-state index is 0.199. The van der Waals surface area contributed by atoms with Crippen LogP contribution in [0.4, 0.5) is 0 Å². The lowest BCUT2D eigenvalue weighted by atomic mass is 10.1. The monoisotopic (exact) mass is 246 g/mol. The third kappa shape index (κ3) is 3.48. The SMILES string of the molecule is Cc1cccc(C=N)c1O.NC(=O)c1ccco1. The number of primary amides is 1. The Hall–Kier alpha value is -2.56. The number of benzene rings is 1. The lowest BCUT2D eigenvalue weighted by molar-refractivity contribution is 0.0974. The zero-order valence-corrected chi connectivity index (χ0v) is 9.88. The average molecular weight is 246 g/mol. The van der Waals surface area contributed by atoms with E-state index in [2.05, 4.69) is 4.42 Å². The van der Waals surface area contributed by atoms with Gasteiger partial charge in [0, 0.05) is 11.8 Å². The molecule has 0 aliphatic rings. The number of carbonyl (C=O) groups excluding carboxylic acids is 1. The van der Waals surface area contributed by atoms with Crippen molar-refractivity contribution in [3.8, 4) is 5.75 Å². The highest BCUT2D eigenvalue weighted by molar-refractivity contribution is 5.89. The van der Waals surface area contributed by atoms with E-state index in [-0.39, 0.29) is 11.5 Å². The van der Waals surface area contributed by atoms with E-state index in [0.717, 1.165) is 11.8 Å². The Kier molecular flexibility index (Phi) is 4.68. The molecule has 94 valence electrons. The smallest absolute Gasteiger partial charge is 0.284 e. The van der Waals surface area contributed by atoms with Gasteiger partial charge in [-0.25, -0.2) is 0 Å². The first-order chi connectivity index (χ1) is 8.56. The van der Waals surface area contributed by atoms with E-state index in [9.17, 15) is 9.90 Å². The lowest BCUT2D eigenvalue weighted by Crippen LogP contribution is -2.08. The Morgan fingerprint density at radius 3 is 2.50 bits per heavy atom. The first kappa shape index (κ1) is 13.5. The molecule has 1 amide bonds. The molecule has 1 aromatic carbocycles. The van der Waals surface area contributed by atoms with Crippen LogP contribution in [0.1, 0.15) is 21.7 Å². The van der Waals surface area contributed by atoms with Gasteiger partial charge in [0.15, 0.2) is 5.76 Å². The van der Waals surface area contributed by atoms with Crippen LogP contribution in [0.15, 0.2) is 41.0 Å². The van der Waals surface area contributed by atoms with Gasteiger partial charge in [-0.3, -0.25) is 4.79 Å². The van der Waals surface area contributed by atoms with Crippen molar-refractivity contribution in [2.24, 2.45) is 5.73 Å². The summed E-state index contributed by atoms with van der Waals surface area (Å²) in [6.07, 6.45) is 2.54. The lowest BCUT2D eigenvalue weighted by Gasteiger charge is -1.99. The summed E-state index contributed by atoms with van der Waals surface area (Å²) in [6, 6.07) is 8.45. The molecule has 1 heterocycles. The van der Waals surface area contributed by atoms with E-state index in [1.54, 1.807) is 12.1 Å². The Bertz CT molecular complexity index is 533. The van der Waals surface area contributed by atoms with Crippen molar-refractivity contribution in [1.82, 2.24) is 0 Å². The van der Waals surface area contributed by atoms with Crippen LogP contribution in [-0.4, -0.2) is 17.2 Å². The molecular weight excluding hydrogens is 232 g/mol. The summed E-state index contributed by atoms with van der Waals surface area (Å²) in [7, 11) is 0. The summed E-state index contributed by atoms with van der Waals surface area (Å²) in [4.78, 5) is 10.2. The molecule has 18 heavy (non-hydrogen) atoms. The van der Waals surface area contributed by atoms with E-state index >= 15 is 0 Å². The van der Waals surface area contributed by atoms with Crippen molar-refractivity contribution in [2.75, 3.05) is 0 Å². The number of phenols is 1. The maximum Gasteiger partial charge on any atom is 0.284 e. The molecule has 0 aliphatic heterocycles. The van der Waals surface area contributed by atoms with Gasteiger partial charge in [0.05, 0.1) is 6.26 Å². The molecule has 0 saturated carbocycles. The molecule has 0 fully saturated rings. The molecule has 0 unspecified atom stereocenters. The molecule has 0 saturated heterocycles. The van der Waals surface area contributed by atoms with Crippen molar-refractivity contribution in [3.05, 3.63) is 53.5 Å². The van der Waals surface area contributed by atoms with Crippen molar-refractivity contribution in [2.45, 2.75) is 6.92 Å². The molecule has 0 bridgehead atoms. The number of carbonyl (C=O) groups is 1. The van der Waals surface area contributed by atoms with Crippen LogP contribution in [0, 0.1) is 12.3 Å². The van der Waals surface area contributed by atoms with Crippen LogP contribution >= 0.6 is 0 Å². The number of rotatable bonds is 2. The van der Waals surface area contributed by atoms with Crippen molar-refractivity contribution in [1.29, 1.82) is 5.41 Å².